The number of ether oxygens (including phenoxy) is 2. The van der Waals surface area contributed by atoms with E-state index in [0.29, 0.717) is 31.2 Å². The first-order valence-electron chi connectivity index (χ1n) is 10.6. The van der Waals surface area contributed by atoms with Crippen molar-refractivity contribution in [1.82, 2.24) is 10.6 Å². The van der Waals surface area contributed by atoms with E-state index < -0.39 is 0 Å². The average Bonchev–Trinajstić information content (AvgIpc) is 3.41. The molecule has 4 rings (SSSR count). The van der Waals surface area contributed by atoms with Crippen LogP contribution < -0.4 is 10.6 Å². The molecular weight excluding hydrogens is 342 g/mol. The molecule has 3 aliphatic rings. The Kier molecular flexibility index (Phi) is 6.03. The van der Waals surface area contributed by atoms with E-state index in [0.717, 1.165) is 43.9 Å². The summed E-state index contributed by atoms with van der Waals surface area (Å²) in [5.74, 6) is 2.25. The van der Waals surface area contributed by atoms with Gasteiger partial charge in [-0.2, -0.15) is 0 Å². The Hall–Kier alpha value is -1.53. The number of nitrogens with zero attached hydrogens (tertiary/aromatic N) is 1. The molecule has 1 spiro atoms. The largest absolute Gasteiger partial charge is 0.469 e. The lowest BCUT2D eigenvalue weighted by Crippen LogP contribution is -2.50. The van der Waals surface area contributed by atoms with Gasteiger partial charge in [0.15, 0.2) is 11.7 Å². The summed E-state index contributed by atoms with van der Waals surface area (Å²) in [5, 5.41) is 7.38. The third kappa shape index (κ3) is 4.85. The van der Waals surface area contributed by atoms with Gasteiger partial charge in [0.2, 0.25) is 0 Å². The molecule has 2 heterocycles. The topological polar surface area (TPSA) is 68.0 Å². The van der Waals surface area contributed by atoms with Crippen molar-refractivity contribution in [3.05, 3.63) is 24.2 Å². The zero-order chi connectivity index (χ0) is 18.5. The Morgan fingerprint density at radius 3 is 2.81 bits per heavy atom. The van der Waals surface area contributed by atoms with Gasteiger partial charge in [0.25, 0.3) is 0 Å². The maximum atomic E-state index is 5.88. The van der Waals surface area contributed by atoms with Gasteiger partial charge in [-0.1, -0.05) is 19.8 Å². The number of nitrogens with one attached hydrogen (secondary N) is 2. The summed E-state index contributed by atoms with van der Waals surface area (Å²) in [6.07, 6.45) is 10.6. The van der Waals surface area contributed by atoms with Crippen molar-refractivity contribution in [2.24, 2.45) is 10.9 Å². The Bertz CT molecular complexity index is 610. The van der Waals surface area contributed by atoms with E-state index in [1.165, 1.54) is 25.7 Å². The molecule has 3 fully saturated rings. The van der Waals surface area contributed by atoms with Crippen LogP contribution in [0, 0.1) is 5.92 Å². The van der Waals surface area contributed by atoms with Crippen molar-refractivity contribution in [2.45, 2.75) is 76.2 Å². The smallest absolute Gasteiger partial charge is 0.191 e. The number of hydrogen-bond acceptors (Lipinski definition) is 4. The fourth-order valence-electron chi connectivity index (χ4n) is 4.62. The van der Waals surface area contributed by atoms with Gasteiger partial charge < -0.3 is 24.5 Å². The van der Waals surface area contributed by atoms with Gasteiger partial charge >= 0.3 is 0 Å². The highest BCUT2D eigenvalue weighted by Gasteiger charge is 2.44. The van der Waals surface area contributed by atoms with E-state index in [-0.39, 0.29) is 5.79 Å². The highest BCUT2D eigenvalue weighted by atomic mass is 16.7. The lowest BCUT2D eigenvalue weighted by molar-refractivity contribution is -0.151. The molecule has 0 aromatic carbocycles. The minimum Gasteiger partial charge on any atom is -0.469 e. The van der Waals surface area contributed by atoms with Crippen LogP contribution in [0.1, 0.15) is 57.6 Å². The molecule has 2 aliphatic carbocycles. The first kappa shape index (κ1) is 18.8. The molecule has 0 amide bonds. The Balaban J connectivity index is 1.37. The van der Waals surface area contributed by atoms with Gasteiger partial charge in [-0.15, -0.1) is 0 Å². The predicted molar refractivity (Wildman–Crippen MR) is 105 cm³/mol. The standard InChI is InChI=1S/C21H33N3O3/c1-16-5-2-3-7-19(16)24-20(22-11-9-18-6-4-12-25-18)23-17-8-10-21(15-17)26-13-14-27-21/h4,6,12,16-17,19H,2-3,5,7-11,13-15H2,1H3,(H2,22,23,24). The zero-order valence-corrected chi connectivity index (χ0v) is 16.4. The van der Waals surface area contributed by atoms with Crippen molar-refractivity contribution < 1.29 is 13.9 Å². The summed E-state index contributed by atoms with van der Waals surface area (Å²) in [5.41, 5.74) is 0. The molecule has 6 heteroatoms. The van der Waals surface area contributed by atoms with Crippen LogP contribution in [0.5, 0.6) is 0 Å². The molecule has 0 radical (unpaired) electrons. The van der Waals surface area contributed by atoms with Crippen LogP contribution in [0.15, 0.2) is 27.8 Å². The molecular formula is C21H33N3O3. The molecule has 0 bridgehead atoms. The van der Waals surface area contributed by atoms with Gasteiger partial charge in [0.1, 0.15) is 5.76 Å². The van der Waals surface area contributed by atoms with Gasteiger partial charge in [0, 0.05) is 37.9 Å². The molecule has 3 atom stereocenters. The third-order valence-corrected chi connectivity index (χ3v) is 6.23. The number of guanidine groups is 1. The maximum Gasteiger partial charge on any atom is 0.191 e. The van der Waals surface area contributed by atoms with Gasteiger partial charge in [0.05, 0.1) is 19.5 Å². The van der Waals surface area contributed by atoms with Crippen molar-refractivity contribution in [2.75, 3.05) is 19.8 Å². The van der Waals surface area contributed by atoms with E-state index in [2.05, 4.69) is 17.6 Å². The minimum atomic E-state index is -0.352. The van der Waals surface area contributed by atoms with E-state index in [1.807, 2.05) is 12.1 Å². The second kappa shape index (κ2) is 8.65. The molecule has 27 heavy (non-hydrogen) atoms. The summed E-state index contributed by atoms with van der Waals surface area (Å²) >= 11 is 0. The second-order valence-corrected chi connectivity index (χ2v) is 8.26. The second-order valence-electron chi connectivity index (χ2n) is 8.26. The maximum absolute atomic E-state index is 5.88. The van der Waals surface area contributed by atoms with Crippen molar-refractivity contribution in [3.63, 3.8) is 0 Å². The van der Waals surface area contributed by atoms with Gasteiger partial charge in [-0.05, 0) is 37.3 Å². The molecule has 2 N–H and O–H groups in total. The zero-order valence-electron chi connectivity index (χ0n) is 16.4. The van der Waals surface area contributed by atoms with E-state index in [9.17, 15) is 0 Å². The van der Waals surface area contributed by atoms with Crippen LogP contribution in [-0.4, -0.2) is 43.6 Å². The lowest BCUT2D eigenvalue weighted by atomic mass is 9.86. The van der Waals surface area contributed by atoms with Crippen molar-refractivity contribution >= 4 is 5.96 Å². The molecule has 6 nitrogen and oxygen atoms in total. The van der Waals surface area contributed by atoms with Gasteiger partial charge in [-0.25, -0.2) is 0 Å². The van der Waals surface area contributed by atoms with Crippen LogP contribution in [-0.2, 0) is 15.9 Å². The lowest BCUT2D eigenvalue weighted by Gasteiger charge is -2.32. The third-order valence-electron chi connectivity index (χ3n) is 6.23. The highest BCUT2D eigenvalue weighted by molar-refractivity contribution is 5.80. The van der Waals surface area contributed by atoms with Crippen LogP contribution in [0.2, 0.25) is 0 Å². The Labute approximate surface area is 162 Å². The number of hydrogen-bond donors (Lipinski definition) is 2. The molecule has 1 aromatic rings. The number of rotatable bonds is 5. The summed E-state index contributed by atoms with van der Waals surface area (Å²) in [6, 6.07) is 4.79. The summed E-state index contributed by atoms with van der Waals surface area (Å²) in [7, 11) is 0. The average molecular weight is 376 g/mol. The normalized spacial score (nSPS) is 30.7. The van der Waals surface area contributed by atoms with E-state index >= 15 is 0 Å². The van der Waals surface area contributed by atoms with Gasteiger partial charge in [-0.3, -0.25) is 4.99 Å². The van der Waals surface area contributed by atoms with Crippen LogP contribution in [0.25, 0.3) is 0 Å². The monoisotopic (exact) mass is 375 g/mol. The highest BCUT2D eigenvalue weighted by Crippen LogP contribution is 2.37. The fourth-order valence-corrected chi connectivity index (χ4v) is 4.62. The van der Waals surface area contributed by atoms with Crippen molar-refractivity contribution in [3.8, 4) is 0 Å². The predicted octanol–water partition coefficient (Wildman–Crippen LogP) is 3.23. The van der Waals surface area contributed by atoms with E-state index in [1.54, 1.807) is 6.26 Å². The summed E-state index contributed by atoms with van der Waals surface area (Å²) < 4.78 is 17.2. The van der Waals surface area contributed by atoms with Crippen LogP contribution in [0.3, 0.4) is 0 Å². The Morgan fingerprint density at radius 1 is 1.19 bits per heavy atom. The minimum absolute atomic E-state index is 0.344. The molecule has 1 aliphatic heterocycles. The first-order chi connectivity index (χ1) is 13.2. The molecule has 1 saturated heterocycles. The fraction of sp³-hybridized carbons (Fsp3) is 0.762. The van der Waals surface area contributed by atoms with Crippen LogP contribution in [0.4, 0.5) is 0 Å². The first-order valence-corrected chi connectivity index (χ1v) is 10.6. The van der Waals surface area contributed by atoms with E-state index in [4.69, 9.17) is 18.9 Å². The summed E-state index contributed by atoms with van der Waals surface area (Å²) in [4.78, 5) is 4.86. The SMILES string of the molecule is CC1CCCCC1NC(=NCCc1ccco1)NC1CCC2(C1)OCCO2. The van der Waals surface area contributed by atoms with Crippen molar-refractivity contribution in [1.29, 1.82) is 0 Å². The quantitative estimate of drug-likeness (QED) is 0.611. The van der Waals surface area contributed by atoms with Crippen LogP contribution >= 0.6 is 0 Å². The number of furan rings is 1. The summed E-state index contributed by atoms with van der Waals surface area (Å²) in [6.45, 7) is 4.50. The molecule has 2 saturated carbocycles. The molecule has 1 aromatic heterocycles. The molecule has 3 unspecified atom stereocenters. The number of aliphatic imine (C=N–C) groups is 1. The Morgan fingerprint density at radius 2 is 2.04 bits per heavy atom. The molecule has 150 valence electrons.